The molecule has 0 saturated heterocycles. The number of aliphatic hydroxyl groups is 1. The Morgan fingerprint density at radius 1 is 1.39 bits per heavy atom. The van der Waals surface area contributed by atoms with E-state index in [9.17, 15) is 18.0 Å². The molecule has 0 spiro atoms. The van der Waals surface area contributed by atoms with Gasteiger partial charge in [-0.25, -0.2) is 4.68 Å². The van der Waals surface area contributed by atoms with Crippen LogP contribution in [0, 0.1) is 6.92 Å². The first kappa shape index (κ1) is 17.0. The first-order valence-corrected chi connectivity index (χ1v) is 6.84. The molecule has 0 fully saturated rings. The van der Waals surface area contributed by atoms with Crippen molar-refractivity contribution in [2.24, 2.45) is 0 Å². The molecular formula is C15H16F3N3O2. The summed E-state index contributed by atoms with van der Waals surface area (Å²) in [5, 5.41) is 12.9. The van der Waals surface area contributed by atoms with Crippen molar-refractivity contribution >= 4 is 5.91 Å². The lowest BCUT2D eigenvalue weighted by atomic mass is 10.2. The normalized spacial score (nSPS) is 11.6. The van der Waals surface area contributed by atoms with Gasteiger partial charge in [0.05, 0.1) is 35.3 Å². The summed E-state index contributed by atoms with van der Waals surface area (Å²) in [5.74, 6) is -0.352. The predicted octanol–water partition coefficient (Wildman–Crippen LogP) is 2.26. The van der Waals surface area contributed by atoms with Gasteiger partial charge in [0.25, 0.3) is 5.91 Å². The Bertz CT molecular complexity index is 710. The highest BCUT2D eigenvalue weighted by Crippen LogP contribution is 2.30. The van der Waals surface area contributed by atoms with Gasteiger partial charge in [-0.05, 0) is 25.1 Å². The fourth-order valence-corrected chi connectivity index (χ4v) is 2.15. The molecule has 1 N–H and O–H groups in total. The van der Waals surface area contributed by atoms with Crippen LogP contribution in [0.5, 0.6) is 0 Å². The molecule has 5 nitrogen and oxygen atoms in total. The summed E-state index contributed by atoms with van der Waals surface area (Å²) in [6, 6.07) is 4.73. The predicted molar refractivity (Wildman–Crippen MR) is 77.3 cm³/mol. The first-order chi connectivity index (χ1) is 10.8. The van der Waals surface area contributed by atoms with Gasteiger partial charge in [-0.2, -0.15) is 18.3 Å². The van der Waals surface area contributed by atoms with E-state index in [2.05, 4.69) is 5.10 Å². The van der Waals surface area contributed by atoms with E-state index < -0.39 is 11.7 Å². The molecule has 8 heteroatoms. The van der Waals surface area contributed by atoms with Crippen LogP contribution in [0.3, 0.4) is 0 Å². The number of aromatic nitrogens is 2. The minimum atomic E-state index is -4.45. The number of rotatable bonds is 4. The number of halogens is 3. The van der Waals surface area contributed by atoms with Crippen LogP contribution in [-0.2, 0) is 6.18 Å². The monoisotopic (exact) mass is 327 g/mol. The topological polar surface area (TPSA) is 58.4 Å². The molecule has 1 aromatic heterocycles. The van der Waals surface area contributed by atoms with Crippen LogP contribution in [0.1, 0.15) is 21.6 Å². The van der Waals surface area contributed by atoms with Gasteiger partial charge >= 0.3 is 6.18 Å². The Hall–Kier alpha value is -2.35. The molecule has 0 atom stereocenters. The average Bonchev–Trinajstić information content (AvgIpc) is 2.87. The number of alkyl halides is 3. The third-order valence-corrected chi connectivity index (χ3v) is 3.44. The van der Waals surface area contributed by atoms with E-state index in [1.54, 1.807) is 6.92 Å². The maximum absolute atomic E-state index is 12.8. The number of nitrogens with zero attached hydrogens (tertiary/aromatic N) is 3. The minimum Gasteiger partial charge on any atom is -0.395 e. The van der Waals surface area contributed by atoms with Crippen LogP contribution in [0.4, 0.5) is 13.2 Å². The Morgan fingerprint density at radius 2 is 2.09 bits per heavy atom. The number of carbonyl (C=O) groups excluding carboxylic acids is 1. The summed E-state index contributed by atoms with van der Waals surface area (Å²) in [4.78, 5) is 13.5. The fourth-order valence-electron chi connectivity index (χ4n) is 2.15. The van der Waals surface area contributed by atoms with Gasteiger partial charge < -0.3 is 10.0 Å². The number of aliphatic hydroxyl groups excluding tert-OH is 1. The Labute approximate surface area is 130 Å². The third kappa shape index (κ3) is 3.53. The highest BCUT2D eigenvalue weighted by atomic mass is 19.4. The zero-order chi connectivity index (χ0) is 17.2. The van der Waals surface area contributed by atoms with Crippen LogP contribution in [0.2, 0.25) is 0 Å². The summed E-state index contributed by atoms with van der Waals surface area (Å²) in [7, 11) is 1.53. The second-order valence-corrected chi connectivity index (χ2v) is 5.05. The molecule has 124 valence electrons. The third-order valence-electron chi connectivity index (χ3n) is 3.44. The van der Waals surface area contributed by atoms with E-state index in [0.717, 1.165) is 12.1 Å². The van der Waals surface area contributed by atoms with Gasteiger partial charge in [0.1, 0.15) is 0 Å². The lowest BCUT2D eigenvalue weighted by Gasteiger charge is -2.15. The lowest BCUT2D eigenvalue weighted by molar-refractivity contribution is -0.137. The van der Waals surface area contributed by atoms with E-state index in [1.807, 2.05) is 0 Å². The summed E-state index contributed by atoms with van der Waals surface area (Å²) in [6.07, 6.45) is -3.14. The molecule has 0 bridgehead atoms. The fraction of sp³-hybridized carbons (Fsp3) is 0.333. The smallest absolute Gasteiger partial charge is 0.395 e. The Morgan fingerprint density at radius 3 is 2.70 bits per heavy atom. The van der Waals surface area contributed by atoms with Crippen LogP contribution < -0.4 is 0 Å². The largest absolute Gasteiger partial charge is 0.416 e. The molecule has 0 aliphatic heterocycles. The summed E-state index contributed by atoms with van der Waals surface area (Å²) in [6.45, 7) is 1.59. The molecule has 23 heavy (non-hydrogen) atoms. The van der Waals surface area contributed by atoms with E-state index in [4.69, 9.17) is 5.11 Å². The van der Waals surface area contributed by atoms with Crippen molar-refractivity contribution in [1.29, 1.82) is 0 Å². The summed E-state index contributed by atoms with van der Waals surface area (Å²) < 4.78 is 39.7. The Balaban J connectivity index is 2.38. The van der Waals surface area contributed by atoms with Gasteiger partial charge in [-0.15, -0.1) is 0 Å². The number of amides is 1. The maximum atomic E-state index is 12.8. The molecule has 0 radical (unpaired) electrons. The molecule has 1 heterocycles. The molecule has 1 amide bonds. The molecular weight excluding hydrogens is 311 g/mol. The average molecular weight is 327 g/mol. The quantitative estimate of drug-likeness (QED) is 0.937. The van der Waals surface area contributed by atoms with E-state index >= 15 is 0 Å². The SMILES string of the molecule is Cc1c(C(=O)N(C)CCO)cnn1-c1cccc(C(F)(F)F)c1. The van der Waals surface area contributed by atoms with Crippen molar-refractivity contribution < 1.29 is 23.1 Å². The molecule has 0 saturated carbocycles. The van der Waals surface area contributed by atoms with Crippen molar-refractivity contribution in [3.63, 3.8) is 0 Å². The number of hydrogen-bond donors (Lipinski definition) is 1. The van der Waals surface area contributed by atoms with Crippen molar-refractivity contribution in [3.8, 4) is 5.69 Å². The van der Waals surface area contributed by atoms with Crippen LogP contribution >= 0.6 is 0 Å². The van der Waals surface area contributed by atoms with Gasteiger partial charge in [0.15, 0.2) is 0 Å². The maximum Gasteiger partial charge on any atom is 0.416 e. The lowest BCUT2D eigenvalue weighted by Crippen LogP contribution is -2.29. The summed E-state index contributed by atoms with van der Waals surface area (Å²) >= 11 is 0. The zero-order valence-electron chi connectivity index (χ0n) is 12.6. The molecule has 0 aliphatic carbocycles. The van der Waals surface area contributed by atoms with Crippen molar-refractivity contribution in [1.82, 2.24) is 14.7 Å². The Kier molecular flexibility index (Phi) is 4.74. The second-order valence-electron chi connectivity index (χ2n) is 5.05. The molecule has 0 aliphatic rings. The molecule has 0 unspecified atom stereocenters. The van der Waals surface area contributed by atoms with Crippen LogP contribution in [0.15, 0.2) is 30.5 Å². The van der Waals surface area contributed by atoms with Gasteiger partial charge in [0, 0.05) is 13.6 Å². The number of likely N-dealkylation sites (N-methyl/N-ethyl adjacent to an activating group) is 1. The highest BCUT2D eigenvalue weighted by molar-refractivity contribution is 5.95. The minimum absolute atomic E-state index is 0.160. The molecule has 2 aromatic rings. The van der Waals surface area contributed by atoms with Gasteiger partial charge in [-0.3, -0.25) is 4.79 Å². The highest BCUT2D eigenvalue weighted by Gasteiger charge is 2.30. The van der Waals surface area contributed by atoms with Crippen molar-refractivity contribution in [2.75, 3.05) is 20.2 Å². The number of benzene rings is 1. The second kappa shape index (κ2) is 6.41. The number of carbonyl (C=O) groups is 1. The van der Waals surface area contributed by atoms with Gasteiger partial charge in [-0.1, -0.05) is 6.07 Å². The van der Waals surface area contributed by atoms with E-state index in [-0.39, 0.29) is 30.3 Å². The first-order valence-electron chi connectivity index (χ1n) is 6.84. The molecule has 2 rings (SSSR count). The number of hydrogen-bond acceptors (Lipinski definition) is 3. The van der Waals surface area contributed by atoms with Gasteiger partial charge in [0.2, 0.25) is 0 Å². The standard InChI is InChI=1S/C15H16F3N3O2/c1-10-13(14(23)20(2)6-7-22)9-19-21(10)12-5-3-4-11(8-12)15(16,17)18/h3-5,8-9,22H,6-7H2,1-2H3. The van der Waals surface area contributed by atoms with Crippen molar-refractivity contribution in [3.05, 3.63) is 47.3 Å². The zero-order valence-corrected chi connectivity index (χ0v) is 12.6. The summed E-state index contributed by atoms with van der Waals surface area (Å²) in [5.41, 5.74) is 0.147. The van der Waals surface area contributed by atoms with Crippen LogP contribution in [0.25, 0.3) is 5.69 Å². The molecule has 1 aromatic carbocycles. The van der Waals surface area contributed by atoms with Crippen LogP contribution in [-0.4, -0.2) is 45.9 Å². The van der Waals surface area contributed by atoms with Crippen molar-refractivity contribution in [2.45, 2.75) is 13.1 Å². The van der Waals surface area contributed by atoms with E-state index in [0.29, 0.717) is 5.69 Å². The van der Waals surface area contributed by atoms with E-state index in [1.165, 1.54) is 35.0 Å².